The van der Waals surface area contributed by atoms with Gasteiger partial charge in [0.05, 0.1) is 0 Å². The van der Waals surface area contributed by atoms with Crippen LogP contribution in [-0.2, 0) is 9.47 Å². The molecular formula is C14H17ClN4O2. The van der Waals surface area contributed by atoms with Crippen LogP contribution in [0.2, 0.25) is 5.02 Å². The molecule has 0 saturated carbocycles. The van der Waals surface area contributed by atoms with E-state index in [2.05, 4.69) is 15.4 Å². The zero-order chi connectivity index (χ0) is 14.8. The van der Waals surface area contributed by atoms with Crippen LogP contribution in [0.3, 0.4) is 0 Å². The summed E-state index contributed by atoms with van der Waals surface area (Å²) in [5, 5.41) is 8.49. The maximum Gasteiger partial charge on any atom is 0.222 e. The third-order valence-corrected chi connectivity index (χ3v) is 3.77. The second-order valence-corrected chi connectivity index (χ2v) is 5.27. The number of benzene rings is 1. The summed E-state index contributed by atoms with van der Waals surface area (Å²) in [6.07, 6.45) is 0.511. The van der Waals surface area contributed by atoms with Crippen molar-refractivity contribution in [1.29, 1.82) is 0 Å². The van der Waals surface area contributed by atoms with Crippen LogP contribution in [0.5, 0.6) is 0 Å². The molecule has 3 rings (SSSR count). The fourth-order valence-electron chi connectivity index (χ4n) is 2.54. The third kappa shape index (κ3) is 2.74. The third-order valence-electron chi connectivity index (χ3n) is 3.53. The van der Waals surface area contributed by atoms with E-state index in [0.29, 0.717) is 10.8 Å². The molecule has 0 radical (unpaired) electrons. The molecule has 1 unspecified atom stereocenters. The number of fused-ring (bicyclic) bond motifs is 1. The van der Waals surface area contributed by atoms with Gasteiger partial charge in [-0.25, -0.2) is 4.68 Å². The summed E-state index contributed by atoms with van der Waals surface area (Å²) in [5.41, 5.74) is 0.885. The van der Waals surface area contributed by atoms with E-state index >= 15 is 0 Å². The van der Waals surface area contributed by atoms with Crippen LogP contribution in [0.25, 0.3) is 11.4 Å². The minimum absolute atomic E-state index is 0.00307. The van der Waals surface area contributed by atoms with Gasteiger partial charge in [0.2, 0.25) is 5.95 Å². The molecule has 6 nitrogen and oxygen atoms in total. The lowest BCUT2D eigenvalue weighted by atomic mass is 10.2. The number of ether oxygens (including phenoxy) is 2. The minimum Gasteiger partial charge on any atom is -0.354 e. The van der Waals surface area contributed by atoms with Gasteiger partial charge in [-0.15, -0.1) is 5.10 Å². The van der Waals surface area contributed by atoms with Gasteiger partial charge in [-0.05, 0) is 18.6 Å². The number of rotatable bonds is 4. The van der Waals surface area contributed by atoms with Gasteiger partial charge in [0.1, 0.15) is 6.04 Å². The van der Waals surface area contributed by atoms with E-state index in [1.165, 1.54) is 0 Å². The van der Waals surface area contributed by atoms with Gasteiger partial charge in [-0.2, -0.15) is 4.98 Å². The van der Waals surface area contributed by atoms with Gasteiger partial charge in [-0.1, -0.05) is 23.7 Å². The van der Waals surface area contributed by atoms with Crippen molar-refractivity contribution in [2.75, 3.05) is 26.1 Å². The van der Waals surface area contributed by atoms with Crippen LogP contribution < -0.4 is 5.32 Å². The Bertz CT molecular complexity index is 627. The van der Waals surface area contributed by atoms with Crippen LogP contribution in [0.1, 0.15) is 12.5 Å². The Labute approximate surface area is 128 Å². The molecule has 2 aromatic rings. The van der Waals surface area contributed by atoms with E-state index in [1.54, 1.807) is 14.2 Å². The van der Waals surface area contributed by atoms with Crippen molar-refractivity contribution in [2.24, 2.45) is 0 Å². The highest BCUT2D eigenvalue weighted by Gasteiger charge is 2.30. The Morgan fingerprint density at radius 2 is 2.19 bits per heavy atom. The number of hydrogen-bond acceptors (Lipinski definition) is 5. The monoisotopic (exact) mass is 308 g/mol. The summed E-state index contributed by atoms with van der Waals surface area (Å²) < 4.78 is 12.6. The number of aromatic nitrogens is 3. The van der Waals surface area contributed by atoms with Gasteiger partial charge in [0.25, 0.3) is 0 Å². The Morgan fingerprint density at radius 1 is 1.38 bits per heavy atom. The van der Waals surface area contributed by atoms with Crippen molar-refractivity contribution in [3.05, 3.63) is 29.3 Å². The molecule has 0 fully saturated rings. The average Bonchev–Trinajstić information content (AvgIpc) is 2.93. The minimum atomic E-state index is -0.347. The smallest absolute Gasteiger partial charge is 0.222 e. The SMILES string of the molecule is COC(OC)C1CCNc2nc(-c3cccc(Cl)c3)nn21. The zero-order valence-corrected chi connectivity index (χ0v) is 12.7. The summed E-state index contributed by atoms with van der Waals surface area (Å²) >= 11 is 6.03. The van der Waals surface area contributed by atoms with Crippen molar-refractivity contribution in [1.82, 2.24) is 14.8 Å². The van der Waals surface area contributed by atoms with Crippen molar-refractivity contribution >= 4 is 17.5 Å². The molecule has 0 bridgehead atoms. The van der Waals surface area contributed by atoms with Gasteiger partial charge in [0, 0.05) is 31.4 Å². The highest BCUT2D eigenvalue weighted by molar-refractivity contribution is 6.30. The second-order valence-electron chi connectivity index (χ2n) is 4.84. The molecule has 1 aliphatic heterocycles. The Hall–Kier alpha value is -1.63. The molecule has 0 amide bonds. The van der Waals surface area contributed by atoms with E-state index in [0.717, 1.165) is 24.5 Å². The fraction of sp³-hybridized carbons (Fsp3) is 0.429. The lowest BCUT2D eigenvalue weighted by Gasteiger charge is -2.29. The molecule has 0 aliphatic carbocycles. The number of nitrogens with one attached hydrogen (secondary N) is 1. The normalized spacial score (nSPS) is 17.6. The molecule has 1 atom stereocenters. The molecule has 21 heavy (non-hydrogen) atoms. The lowest BCUT2D eigenvalue weighted by Crippen LogP contribution is -2.34. The summed E-state index contributed by atoms with van der Waals surface area (Å²) in [7, 11) is 3.26. The number of halogens is 1. The van der Waals surface area contributed by atoms with Crippen molar-refractivity contribution in [3.8, 4) is 11.4 Å². The van der Waals surface area contributed by atoms with Gasteiger partial charge >= 0.3 is 0 Å². The Morgan fingerprint density at radius 3 is 2.90 bits per heavy atom. The topological polar surface area (TPSA) is 61.2 Å². The van der Waals surface area contributed by atoms with Crippen LogP contribution in [-0.4, -0.2) is 41.8 Å². The maximum atomic E-state index is 6.03. The van der Waals surface area contributed by atoms with Gasteiger partial charge in [0.15, 0.2) is 12.1 Å². The highest BCUT2D eigenvalue weighted by atomic mass is 35.5. The highest BCUT2D eigenvalue weighted by Crippen LogP contribution is 2.29. The largest absolute Gasteiger partial charge is 0.354 e. The van der Waals surface area contributed by atoms with E-state index in [1.807, 2.05) is 28.9 Å². The molecule has 112 valence electrons. The predicted octanol–water partition coefficient (Wildman–Crippen LogP) is 2.57. The van der Waals surface area contributed by atoms with Crippen molar-refractivity contribution in [2.45, 2.75) is 18.8 Å². The van der Waals surface area contributed by atoms with E-state index in [4.69, 9.17) is 21.1 Å². The van der Waals surface area contributed by atoms with Crippen molar-refractivity contribution in [3.63, 3.8) is 0 Å². The van der Waals surface area contributed by atoms with Crippen LogP contribution in [0.4, 0.5) is 5.95 Å². The molecule has 1 aliphatic rings. The first kappa shape index (κ1) is 14.3. The molecule has 0 spiro atoms. The summed E-state index contributed by atoms with van der Waals surface area (Å²) in [6, 6.07) is 7.50. The van der Waals surface area contributed by atoms with E-state index < -0.39 is 0 Å². The van der Waals surface area contributed by atoms with E-state index in [9.17, 15) is 0 Å². The predicted molar refractivity (Wildman–Crippen MR) is 80.4 cm³/mol. The molecule has 1 N–H and O–H groups in total. The van der Waals surface area contributed by atoms with Gasteiger partial charge < -0.3 is 14.8 Å². The van der Waals surface area contributed by atoms with Crippen LogP contribution >= 0.6 is 11.6 Å². The molecule has 1 aromatic heterocycles. The van der Waals surface area contributed by atoms with Crippen LogP contribution in [0.15, 0.2) is 24.3 Å². The Balaban J connectivity index is 1.98. The lowest BCUT2D eigenvalue weighted by molar-refractivity contribution is -0.135. The van der Waals surface area contributed by atoms with Crippen molar-refractivity contribution < 1.29 is 9.47 Å². The average molecular weight is 309 g/mol. The summed E-state index contributed by atoms with van der Waals surface area (Å²) in [5.74, 6) is 1.36. The molecule has 2 heterocycles. The first-order valence-corrected chi connectivity index (χ1v) is 7.12. The Kier molecular flexibility index (Phi) is 4.10. The first-order valence-electron chi connectivity index (χ1n) is 6.75. The number of anilines is 1. The van der Waals surface area contributed by atoms with Gasteiger partial charge in [-0.3, -0.25) is 0 Å². The summed E-state index contributed by atoms with van der Waals surface area (Å²) in [4.78, 5) is 4.53. The number of hydrogen-bond donors (Lipinski definition) is 1. The first-order chi connectivity index (χ1) is 10.2. The maximum absolute atomic E-state index is 6.03. The molecule has 7 heteroatoms. The molecule has 1 aromatic carbocycles. The number of methoxy groups -OCH3 is 2. The second kappa shape index (κ2) is 6.01. The van der Waals surface area contributed by atoms with E-state index in [-0.39, 0.29) is 12.3 Å². The molecular weight excluding hydrogens is 292 g/mol. The standard InChI is InChI=1S/C14H17ClN4O2/c1-20-13(21-2)11-6-7-16-14-17-12(18-19(11)14)9-4-3-5-10(15)8-9/h3-5,8,11,13H,6-7H2,1-2H3,(H,16,17,18). The molecule has 0 saturated heterocycles. The van der Waals surface area contributed by atoms with Crippen LogP contribution in [0, 0.1) is 0 Å². The summed E-state index contributed by atoms with van der Waals surface area (Å²) in [6.45, 7) is 0.807. The fourth-order valence-corrected chi connectivity index (χ4v) is 2.73. The zero-order valence-electron chi connectivity index (χ0n) is 11.9. The quantitative estimate of drug-likeness (QED) is 0.880. The number of nitrogens with zero attached hydrogens (tertiary/aromatic N) is 3.